The Bertz CT molecular complexity index is 1330. The zero-order valence-electron chi connectivity index (χ0n) is 16.8. The van der Waals surface area contributed by atoms with Crippen LogP contribution < -0.4 is 10.0 Å². The van der Waals surface area contributed by atoms with Crippen LogP contribution in [0.5, 0.6) is 0 Å². The molecule has 0 aliphatic carbocycles. The maximum absolute atomic E-state index is 13.2. The molecule has 0 saturated carbocycles. The van der Waals surface area contributed by atoms with E-state index in [0.717, 1.165) is 5.56 Å². The lowest BCUT2D eigenvalue weighted by Gasteiger charge is -2.17. The predicted molar refractivity (Wildman–Crippen MR) is 121 cm³/mol. The van der Waals surface area contributed by atoms with E-state index in [0.29, 0.717) is 10.9 Å². The van der Waals surface area contributed by atoms with Crippen LogP contribution in [0.4, 0.5) is 5.69 Å². The third-order valence-electron chi connectivity index (χ3n) is 4.95. The Balaban J connectivity index is 1.63. The van der Waals surface area contributed by atoms with Gasteiger partial charge in [0.15, 0.2) is 0 Å². The topological polar surface area (TPSA) is 88.2 Å². The first-order chi connectivity index (χ1) is 15.0. The van der Waals surface area contributed by atoms with Crippen LogP contribution in [-0.2, 0) is 10.0 Å². The molecule has 4 rings (SSSR count). The molecule has 1 amide bonds. The first-order valence-corrected chi connectivity index (χ1v) is 11.3. The molecule has 0 spiro atoms. The van der Waals surface area contributed by atoms with Crippen LogP contribution in [0.1, 0.15) is 28.9 Å². The third kappa shape index (κ3) is 4.41. The van der Waals surface area contributed by atoms with Gasteiger partial charge in [0.2, 0.25) is 0 Å². The number of carbonyl (C=O) groups excluding carboxylic acids is 1. The van der Waals surface area contributed by atoms with Crippen LogP contribution in [0, 0.1) is 0 Å². The zero-order chi connectivity index (χ0) is 21.8. The average molecular weight is 432 g/mol. The molecule has 0 aliphatic rings. The highest BCUT2D eigenvalue weighted by Gasteiger charge is 2.22. The van der Waals surface area contributed by atoms with Crippen molar-refractivity contribution in [2.45, 2.75) is 17.9 Å². The van der Waals surface area contributed by atoms with Crippen molar-refractivity contribution in [3.8, 4) is 0 Å². The van der Waals surface area contributed by atoms with Gasteiger partial charge in [-0.1, -0.05) is 60.7 Å². The van der Waals surface area contributed by atoms with Crippen molar-refractivity contribution >= 4 is 32.5 Å². The number of benzene rings is 3. The minimum atomic E-state index is -3.97. The van der Waals surface area contributed by atoms with Gasteiger partial charge in [0.05, 0.1) is 22.8 Å². The van der Waals surface area contributed by atoms with Gasteiger partial charge in [0.25, 0.3) is 15.9 Å². The number of fused-ring (bicyclic) bond motifs is 1. The number of aromatic nitrogens is 1. The number of rotatable bonds is 6. The van der Waals surface area contributed by atoms with Gasteiger partial charge in [0, 0.05) is 11.6 Å². The summed E-state index contributed by atoms with van der Waals surface area (Å²) in [5.41, 5.74) is 1.77. The van der Waals surface area contributed by atoms with Gasteiger partial charge >= 0.3 is 0 Å². The number of nitrogens with one attached hydrogen (secondary N) is 2. The molecule has 4 aromatic rings. The van der Waals surface area contributed by atoms with Crippen molar-refractivity contribution in [2.24, 2.45) is 0 Å². The van der Waals surface area contributed by atoms with Crippen LogP contribution in [0.15, 0.2) is 96.0 Å². The van der Waals surface area contributed by atoms with E-state index < -0.39 is 10.0 Å². The smallest absolute Gasteiger partial charge is 0.264 e. The fourth-order valence-electron chi connectivity index (χ4n) is 3.36. The third-order valence-corrected chi connectivity index (χ3v) is 6.35. The van der Waals surface area contributed by atoms with E-state index in [1.54, 1.807) is 54.7 Å². The molecule has 0 bridgehead atoms. The fraction of sp³-hybridized carbons (Fsp3) is 0.0833. The normalized spacial score (nSPS) is 12.3. The summed E-state index contributed by atoms with van der Waals surface area (Å²) in [6, 6.07) is 24.4. The van der Waals surface area contributed by atoms with Gasteiger partial charge in [-0.2, -0.15) is 0 Å². The number of pyridine rings is 1. The first kappa shape index (κ1) is 20.6. The lowest BCUT2D eigenvalue weighted by Crippen LogP contribution is -2.28. The second-order valence-corrected chi connectivity index (χ2v) is 8.74. The number of sulfonamides is 1. The Morgan fingerprint density at radius 3 is 2.39 bits per heavy atom. The Morgan fingerprint density at radius 1 is 0.871 bits per heavy atom. The van der Waals surface area contributed by atoms with Crippen molar-refractivity contribution in [2.75, 3.05) is 4.72 Å². The number of nitrogens with zero attached hydrogens (tertiary/aromatic N) is 1. The molecular weight excluding hydrogens is 410 g/mol. The van der Waals surface area contributed by atoms with Crippen LogP contribution >= 0.6 is 0 Å². The maximum atomic E-state index is 13.2. The highest BCUT2D eigenvalue weighted by atomic mass is 32.2. The van der Waals surface area contributed by atoms with E-state index in [-0.39, 0.29) is 28.1 Å². The molecular formula is C24H21N3O3S. The average Bonchev–Trinajstić information content (AvgIpc) is 2.79. The Kier molecular flexibility index (Phi) is 5.68. The Hall–Kier alpha value is -3.71. The van der Waals surface area contributed by atoms with E-state index in [4.69, 9.17) is 0 Å². The van der Waals surface area contributed by atoms with E-state index in [2.05, 4.69) is 15.0 Å². The summed E-state index contributed by atoms with van der Waals surface area (Å²) < 4.78 is 28.9. The van der Waals surface area contributed by atoms with Gasteiger partial charge in [0.1, 0.15) is 4.90 Å². The van der Waals surface area contributed by atoms with Gasteiger partial charge in [-0.25, -0.2) is 8.42 Å². The molecule has 6 nitrogen and oxygen atoms in total. The molecule has 156 valence electrons. The zero-order valence-corrected chi connectivity index (χ0v) is 17.6. The fourth-order valence-corrected chi connectivity index (χ4v) is 4.62. The first-order valence-electron chi connectivity index (χ1n) is 9.77. The van der Waals surface area contributed by atoms with Crippen LogP contribution in [0.25, 0.3) is 10.9 Å². The standard InChI is InChI=1S/C24H21N3O3S/c1-17(18-9-3-2-4-10-18)26-24(28)20-13-5-6-14-21(20)27-31(29,30)22-15-7-11-19-12-8-16-25-23(19)22/h2-17,27H,1H3,(H,26,28)/t17-/m1/s1. The summed E-state index contributed by atoms with van der Waals surface area (Å²) in [7, 11) is -3.97. The Labute approximate surface area is 181 Å². The van der Waals surface area contributed by atoms with Crippen molar-refractivity contribution in [1.29, 1.82) is 0 Å². The number of amides is 1. The molecule has 0 radical (unpaired) electrons. The van der Waals surface area contributed by atoms with Gasteiger partial charge in [-0.15, -0.1) is 0 Å². The van der Waals surface area contributed by atoms with Gasteiger partial charge < -0.3 is 5.32 Å². The molecule has 1 aromatic heterocycles. The van der Waals surface area contributed by atoms with E-state index in [9.17, 15) is 13.2 Å². The molecule has 1 atom stereocenters. The summed E-state index contributed by atoms with van der Waals surface area (Å²) >= 11 is 0. The van der Waals surface area contributed by atoms with Gasteiger partial charge in [-0.3, -0.25) is 14.5 Å². The van der Waals surface area contributed by atoms with Crippen molar-refractivity contribution < 1.29 is 13.2 Å². The number of carbonyl (C=O) groups is 1. The van der Waals surface area contributed by atoms with E-state index >= 15 is 0 Å². The van der Waals surface area contributed by atoms with E-state index in [1.165, 1.54) is 6.07 Å². The lowest BCUT2D eigenvalue weighted by molar-refractivity contribution is 0.0941. The molecule has 0 aliphatic heterocycles. The Morgan fingerprint density at radius 2 is 1.58 bits per heavy atom. The number of para-hydroxylation sites is 2. The van der Waals surface area contributed by atoms with E-state index in [1.807, 2.05) is 37.3 Å². The summed E-state index contributed by atoms with van der Waals surface area (Å²) in [6.07, 6.45) is 1.55. The molecule has 7 heteroatoms. The molecule has 0 unspecified atom stereocenters. The van der Waals surface area contributed by atoms with Crippen LogP contribution in [0.3, 0.4) is 0 Å². The quantitative estimate of drug-likeness (QED) is 0.470. The SMILES string of the molecule is C[C@@H](NC(=O)c1ccccc1NS(=O)(=O)c1cccc2cccnc12)c1ccccc1. The molecule has 31 heavy (non-hydrogen) atoms. The minimum Gasteiger partial charge on any atom is -0.345 e. The second kappa shape index (κ2) is 8.57. The molecule has 1 heterocycles. The molecule has 0 saturated heterocycles. The maximum Gasteiger partial charge on any atom is 0.264 e. The molecule has 0 fully saturated rings. The van der Waals surface area contributed by atoms with Crippen molar-refractivity contribution in [3.05, 3.63) is 102 Å². The minimum absolute atomic E-state index is 0.0541. The number of hydrogen-bond donors (Lipinski definition) is 2. The summed E-state index contributed by atoms with van der Waals surface area (Å²) in [5, 5.41) is 3.64. The largest absolute Gasteiger partial charge is 0.345 e. The lowest BCUT2D eigenvalue weighted by atomic mass is 10.1. The van der Waals surface area contributed by atoms with Crippen LogP contribution in [-0.4, -0.2) is 19.3 Å². The molecule has 3 aromatic carbocycles. The monoisotopic (exact) mass is 431 g/mol. The van der Waals surface area contributed by atoms with Crippen molar-refractivity contribution in [3.63, 3.8) is 0 Å². The number of anilines is 1. The second-order valence-electron chi connectivity index (χ2n) is 7.09. The summed E-state index contributed by atoms with van der Waals surface area (Å²) in [5.74, 6) is -0.370. The predicted octanol–water partition coefficient (Wildman–Crippen LogP) is 4.53. The highest BCUT2D eigenvalue weighted by molar-refractivity contribution is 7.93. The van der Waals surface area contributed by atoms with Crippen molar-refractivity contribution in [1.82, 2.24) is 10.3 Å². The summed E-state index contributed by atoms with van der Waals surface area (Å²) in [4.78, 5) is 17.2. The highest BCUT2D eigenvalue weighted by Crippen LogP contribution is 2.25. The number of hydrogen-bond acceptors (Lipinski definition) is 4. The van der Waals surface area contributed by atoms with Crippen LogP contribution in [0.2, 0.25) is 0 Å². The summed E-state index contributed by atoms with van der Waals surface area (Å²) in [6.45, 7) is 1.88. The molecule has 2 N–H and O–H groups in total. The van der Waals surface area contributed by atoms with Gasteiger partial charge in [-0.05, 0) is 36.8 Å².